The molecule has 32 heavy (non-hydrogen) atoms. The van der Waals surface area contributed by atoms with Gasteiger partial charge in [-0.15, -0.1) is 0 Å². The van der Waals surface area contributed by atoms with E-state index < -0.39 is 0 Å². The normalized spacial score (nSPS) is 11.4. The van der Waals surface area contributed by atoms with Crippen molar-refractivity contribution in [2.24, 2.45) is 7.05 Å². The van der Waals surface area contributed by atoms with Crippen molar-refractivity contribution in [2.45, 2.75) is 26.4 Å². The summed E-state index contributed by atoms with van der Waals surface area (Å²) in [7, 11) is 5.88. The van der Waals surface area contributed by atoms with Gasteiger partial charge in [-0.1, -0.05) is 36.4 Å². The predicted molar refractivity (Wildman–Crippen MR) is 125 cm³/mol. The second-order valence-electron chi connectivity index (χ2n) is 8.38. The number of hydrogen-bond donors (Lipinski definition) is 0. The SMILES string of the molecule is Cc1cccn2c(CN(C)Cc3nccn3C)c(C(=O)N(C)CCc3ccccc3)nc12. The third kappa shape index (κ3) is 4.57. The van der Waals surface area contributed by atoms with E-state index in [1.54, 1.807) is 11.1 Å². The number of imidazole rings is 2. The van der Waals surface area contributed by atoms with Crippen LogP contribution in [0.15, 0.2) is 61.1 Å². The molecule has 4 rings (SSSR count). The molecule has 0 unspecified atom stereocenters. The molecule has 3 aromatic heterocycles. The average Bonchev–Trinajstić information content (AvgIpc) is 3.36. The molecule has 0 N–H and O–H groups in total. The van der Waals surface area contributed by atoms with E-state index in [2.05, 4.69) is 22.0 Å². The van der Waals surface area contributed by atoms with Gasteiger partial charge in [0.25, 0.3) is 5.91 Å². The van der Waals surface area contributed by atoms with Gasteiger partial charge in [0.2, 0.25) is 0 Å². The first-order valence-electron chi connectivity index (χ1n) is 10.8. The van der Waals surface area contributed by atoms with Crippen LogP contribution in [0.25, 0.3) is 5.65 Å². The summed E-state index contributed by atoms with van der Waals surface area (Å²) >= 11 is 0. The second kappa shape index (κ2) is 9.36. The minimum Gasteiger partial charge on any atom is -0.340 e. The van der Waals surface area contributed by atoms with Gasteiger partial charge < -0.3 is 13.9 Å². The van der Waals surface area contributed by atoms with E-state index in [1.165, 1.54) is 5.56 Å². The number of carbonyl (C=O) groups excluding carboxylic acids is 1. The highest BCUT2D eigenvalue weighted by Crippen LogP contribution is 2.20. The molecule has 0 fully saturated rings. The summed E-state index contributed by atoms with van der Waals surface area (Å²) in [6.07, 6.45) is 6.54. The fourth-order valence-electron chi connectivity index (χ4n) is 3.90. The predicted octanol–water partition coefficient (Wildman–Crippen LogP) is 3.32. The summed E-state index contributed by atoms with van der Waals surface area (Å²) in [5.41, 5.74) is 4.51. The zero-order chi connectivity index (χ0) is 22.7. The second-order valence-corrected chi connectivity index (χ2v) is 8.38. The highest BCUT2D eigenvalue weighted by atomic mass is 16.2. The fraction of sp³-hybridized carbons (Fsp3) is 0.320. The largest absolute Gasteiger partial charge is 0.340 e. The molecule has 7 nitrogen and oxygen atoms in total. The topological polar surface area (TPSA) is 58.7 Å². The molecule has 1 aromatic carbocycles. The Morgan fingerprint density at radius 2 is 1.81 bits per heavy atom. The quantitative estimate of drug-likeness (QED) is 0.430. The maximum absolute atomic E-state index is 13.4. The van der Waals surface area contributed by atoms with Gasteiger partial charge in [0.1, 0.15) is 11.5 Å². The van der Waals surface area contributed by atoms with Gasteiger partial charge in [-0.25, -0.2) is 9.97 Å². The summed E-state index contributed by atoms with van der Waals surface area (Å²) in [4.78, 5) is 26.6. The maximum atomic E-state index is 13.4. The van der Waals surface area contributed by atoms with Gasteiger partial charge in [0.15, 0.2) is 5.69 Å². The Morgan fingerprint density at radius 3 is 2.53 bits per heavy atom. The van der Waals surface area contributed by atoms with E-state index in [0.717, 1.165) is 29.1 Å². The third-order valence-electron chi connectivity index (χ3n) is 5.82. The molecule has 0 bridgehead atoms. The monoisotopic (exact) mass is 430 g/mol. The first-order valence-corrected chi connectivity index (χ1v) is 10.8. The van der Waals surface area contributed by atoms with Crippen molar-refractivity contribution in [3.8, 4) is 0 Å². The lowest BCUT2D eigenvalue weighted by molar-refractivity contribution is 0.0789. The van der Waals surface area contributed by atoms with Crippen LogP contribution in [-0.2, 0) is 26.6 Å². The third-order valence-corrected chi connectivity index (χ3v) is 5.82. The molecular weight excluding hydrogens is 400 g/mol. The van der Waals surface area contributed by atoms with Gasteiger partial charge in [0.05, 0.1) is 12.2 Å². The van der Waals surface area contributed by atoms with E-state index >= 15 is 0 Å². The number of benzene rings is 1. The first-order chi connectivity index (χ1) is 15.4. The Kier molecular flexibility index (Phi) is 6.37. The Hall–Kier alpha value is -3.45. The molecular formula is C25H30N6O. The number of aromatic nitrogens is 4. The maximum Gasteiger partial charge on any atom is 0.274 e. The van der Waals surface area contributed by atoms with Crippen molar-refractivity contribution in [3.05, 3.63) is 89.4 Å². The lowest BCUT2D eigenvalue weighted by Crippen LogP contribution is -2.31. The molecule has 3 heterocycles. The fourth-order valence-corrected chi connectivity index (χ4v) is 3.90. The summed E-state index contributed by atoms with van der Waals surface area (Å²) in [6, 6.07) is 14.3. The van der Waals surface area contributed by atoms with Crippen LogP contribution in [0, 0.1) is 6.92 Å². The zero-order valence-electron chi connectivity index (χ0n) is 19.2. The van der Waals surface area contributed by atoms with Gasteiger partial charge in [0, 0.05) is 45.8 Å². The number of hydrogen-bond acceptors (Lipinski definition) is 4. The molecule has 0 aliphatic carbocycles. The minimum absolute atomic E-state index is 0.0515. The van der Waals surface area contributed by atoms with Crippen molar-refractivity contribution in [1.82, 2.24) is 28.7 Å². The highest BCUT2D eigenvalue weighted by Gasteiger charge is 2.23. The Labute approximate surface area is 188 Å². The van der Waals surface area contributed by atoms with Crippen LogP contribution in [0.2, 0.25) is 0 Å². The molecule has 0 aliphatic rings. The first kappa shape index (κ1) is 21.8. The molecule has 0 spiro atoms. The number of fused-ring (bicyclic) bond motifs is 1. The molecule has 0 saturated heterocycles. The molecule has 166 valence electrons. The number of aryl methyl sites for hydroxylation is 2. The van der Waals surface area contributed by atoms with Crippen molar-refractivity contribution < 1.29 is 4.79 Å². The van der Waals surface area contributed by atoms with Crippen molar-refractivity contribution in [3.63, 3.8) is 0 Å². The molecule has 0 saturated carbocycles. The Morgan fingerprint density at radius 1 is 1.03 bits per heavy atom. The Bertz CT molecular complexity index is 1210. The van der Waals surface area contributed by atoms with E-state index in [-0.39, 0.29) is 5.91 Å². The summed E-state index contributed by atoms with van der Waals surface area (Å²) in [6.45, 7) is 3.93. The molecule has 0 radical (unpaired) electrons. The smallest absolute Gasteiger partial charge is 0.274 e. The zero-order valence-corrected chi connectivity index (χ0v) is 19.2. The van der Waals surface area contributed by atoms with E-state index in [1.807, 2.05) is 79.8 Å². The van der Waals surface area contributed by atoms with Crippen LogP contribution < -0.4 is 0 Å². The van der Waals surface area contributed by atoms with Crippen LogP contribution >= 0.6 is 0 Å². The van der Waals surface area contributed by atoms with Gasteiger partial charge in [-0.2, -0.15) is 0 Å². The highest BCUT2D eigenvalue weighted by molar-refractivity contribution is 5.94. The molecule has 4 aromatic rings. The van der Waals surface area contributed by atoms with Gasteiger partial charge in [-0.05, 0) is 37.6 Å². The number of amides is 1. The number of nitrogens with zero attached hydrogens (tertiary/aromatic N) is 6. The lowest BCUT2D eigenvalue weighted by atomic mass is 10.1. The number of likely N-dealkylation sites (N-methyl/N-ethyl adjacent to an activating group) is 1. The summed E-state index contributed by atoms with van der Waals surface area (Å²) in [5, 5.41) is 0. The van der Waals surface area contributed by atoms with Crippen LogP contribution in [0.3, 0.4) is 0 Å². The lowest BCUT2D eigenvalue weighted by Gasteiger charge is -2.19. The van der Waals surface area contributed by atoms with E-state index in [4.69, 9.17) is 4.98 Å². The van der Waals surface area contributed by atoms with E-state index in [0.29, 0.717) is 25.3 Å². The molecule has 7 heteroatoms. The van der Waals surface area contributed by atoms with E-state index in [9.17, 15) is 4.79 Å². The van der Waals surface area contributed by atoms with Gasteiger partial charge in [-0.3, -0.25) is 9.69 Å². The van der Waals surface area contributed by atoms with Gasteiger partial charge >= 0.3 is 0 Å². The van der Waals surface area contributed by atoms with Crippen LogP contribution in [-0.4, -0.2) is 55.3 Å². The summed E-state index contributed by atoms with van der Waals surface area (Å²) in [5.74, 6) is 0.926. The number of carbonyl (C=O) groups is 1. The van der Waals surface area contributed by atoms with Crippen LogP contribution in [0.5, 0.6) is 0 Å². The van der Waals surface area contributed by atoms with Crippen molar-refractivity contribution >= 4 is 11.6 Å². The van der Waals surface area contributed by atoms with Crippen molar-refractivity contribution in [2.75, 3.05) is 20.6 Å². The summed E-state index contributed by atoms with van der Waals surface area (Å²) < 4.78 is 4.06. The standard InChI is InChI=1S/C25H30N6O/c1-19-9-8-14-31-21(17-28(2)18-22-26-13-16-29(22)3)23(27-24(19)31)25(32)30(4)15-12-20-10-6-5-7-11-20/h5-11,13-14,16H,12,15,17-18H2,1-4H3. The molecule has 1 amide bonds. The Balaban J connectivity index is 1.59. The van der Waals surface area contributed by atoms with Crippen molar-refractivity contribution in [1.29, 1.82) is 0 Å². The average molecular weight is 431 g/mol. The number of rotatable bonds is 8. The van der Waals surface area contributed by atoms with Crippen LogP contribution in [0.4, 0.5) is 0 Å². The number of pyridine rings is 1. The minimum atomic E-state index is -0.0515. The van der Waals surface area contributed by atoms with Crippen LogP contribution in [0.1, 0.15) is 33.1 Å². The molecule has 0 aliphatic heterocycles. The molecule has 0 atom stereocenters.